The van der Waals surface area contributed by atoms with Crippen molar-refractivity contribution in [2.45, 2.75) is 322 Å². The van der Waals surface area contributed by atoms with Gasteiger partial charge in [-0.1, -0.05) is 278 Å². The summed E-state index contributed by atoms with van der Waals surface area (Å²) in [6.07, 6.45) is 90.9. The average molecular weight is 1100 g/mol. The summed E-state index contributed by atoms with van der Waals surface area (Å²) in [5, 5.41) is 0. The lowest BCUT2D eigenvalue weighted by Gasteiger charge is -2.18. The van der Waals surface area contributed by atoms with Gasteiger partial charge in [-0.15, -0.1) is 0 Å². The summed E-state index contributed by atoms with van der Waals surface area (Å²) >= 11 is 0. The minimum atomic E-state index is -0.795. The molecule has 6 heteroatoms. The summed E-state index contributed by atoms with van der Waals surface area (Å²) in [6, 6.07) is 0. The lowest BCUT2D eigenvalue weighted by Crippen LogP contribution is -2.30. The van der Waals surface area contributed by atoms with E-state index in [0.29, 0.717) is 19.3 Å². The van der Waals surface area contributed by atoms with Crippen molar-refractivity contribution >= 4 is 17.9 Å². The molecule has 0 aliphatic heterocycles. The van der Waals surface area contributed by atoms with E-state index in [0.717, 1.165) is 128 Å². The van der Waals surface area contributed by atoms with Crippen LogP contribution in [0.25, 0.3) is 0 Å². The van der Waals surface area contributed by atoms with Crippen LogP contribution in [0.15, 0.2) is 109 Å². The van der Waals surface area contributed by atoms with E-state index in [-0.39, 0.29) is 31.1 Å². The first kappa shape index (κ1) is 75.1. The molecular formula is C73H124O6. The maximum Gasteiger partial charge on any atom is 0.306 e. The topological polar surface area (TPSA) is 78.9 Å². The number of esters is 3. The Morgan fingerprint density at radius 1 is 0.266 bits per heavy atom. The molecule has 0 bridgehead atoms. The van der Waals surface area contributed by atoms with Gasteiger partial charge in [0.15, 0.2) is 6.10 Å². The normalized spacial score (nSPS) is 12.8. The van der Waals surface area contributed by atoms with Crippen molar-refractivity contribution in [3.05, 3.63) is 109 Å². The van der Waals surface area contributed by atoms with Gasteiger partial charge in [0.1, 0.15) is 13.2 Å². The molecule has 1 atom stereocenters. The van der Waals surface area contributed by atoms with Crippen molar-refractivity contribution in [2.24, 2.45) is 0 Å². The van der Waals surface area contributed by atoms with Gasteiger partial charge >= 0.3 is 17.9 Å². The Bertz CT molecular complexity index is 1590. The Morgan fingerprint density at radius 2 is 0.494 bits per heavy atom. The zero-order valence-electron chi connectivity index (χ0n) is 51.9. The number of hydrogen-bond acceptors (Lipinski definition) is 6. The van der Waals surface area contributed by atoms with Crippen LogP contribution in [-0.2, 0) is 28.6 Å². The lowest BCUT2D eigenvalue weighted by atomic mass is 10.1. The first-order valence-corrected chi connectivity index (χ1v) is 33.4. The molecule has 0 spiro atoms. The molecule has 0 rings (SSSR count). The van der Waals surface area contributed by atoms with E-state index in [4.69, 9.17) is 14.2 Å². The van der Waals surface area contributed by atoms with E-state index in [2.05, 4.69) is 130 Å². The number of allylic oxidation sites excluding steroid dienone is 18. The molecule has 0 aliphatic carbocycles. The Morgan fingerprint density at radius 3 is 0.785 bits per heavy atom. The molecule has 0 fully saturated rings. The summed E-state index contributed by atoms with van der Waals surface area (Å²) in [4.78, 5) is 38.4. The average Bonchev–Trinajstić information content (AvgIpc) is 3.45. The standard InChI is InChI=1S/C73H124O6/c1-4-7-10-13-16-19-22-25-28-30-32-34-35-36-37-39-40-42-45-48-51-54-57-60-63-66-72(75)78-69-70(68-77-71(74)65-62-59-56-53-50-47-44-27-24-21-18-15-12-9-6-3)79-73(76)67-64-61-58-55-52-49-46-43-41-38-33-31-29-26-23-20-17-14-11-8-5-2/h7,10,16,19,23,25-28,31-34,36-37,41,43-44,70H,4-6,8-9,11-15,17-18,20-22,24,29-30,35,38-40,42,45-69H2,1-3H3/b10-7-,19-16-,26-23-,28-25-,33-31-,34-32-,37-36-,43-41-,44-27-. The van der Waals surface area contributed by atoms with Crippen LogP contribution in [0.2, 0.25) is 0 Å². The smallest absolute Gasteiger partial charge is 0.306 e. The van der Waals surface area contributed by atoms with Crippen LogP contribution in [0.3, 0.4) is 0 Å². The van der Waals surface area contributed by atoms with Crippen molar-refractivity contribution in [1.29, 1.82) is 0 Å². The van der Waals surface area contributed by atoms with Crippen LogP contribution < -0.4 is 0 Å². The first-order chi connectivity index (χ1) is 39.0. The monoisotopic (exact) mass is 1100 g/mol. The fraction of sp³-hybridized carbons (Fsp3) is 0.712. The second-order valence-electron chi connectivity index (χ2n) is 22.0. The maximum atomic E-state index is 12.9. The van der Waals surface area contributed by atoms with Gasteiger partial charge in [-0.2, -0.15) is 0 Å². The molecule has 0 amide bonds. The molecule has 0 radical (unpaired) electrons. The van der Waals surface area contributed by atoms with Crippen LogP contribution in [0, 0.1) is 0 Å². The Balaban J connectivity index is 4.40. The molecule has 0 heterocycles. The maximum absolute atomic E-state index is 12.9. The van der Waals surface area contributed by atoms with Gasteiger partial charge < -0.3 is 14.2 Å². The third-order valence-corrected chi connectivity index (χ3v) is 14.2. The van der Waals surface area contributed by atoms with E-state index < -0.39 is 6.10 Å². The summed E-state index contributed by atoms with van der Waals surface area (Å²) in [6.45, 7) is 6.51. The van der Waals surface area contributed by atoms with Gasteiger partial charge in [-0.05, 0) is 128 Å². The predicted molar refractivity (Wildman–Crippen MR) is 343 cm³/mol. The molecule has 0 N–H and O–H groups in total. The molecule has 0 saturated carbocycles. The van der Waals surface area contributed by atoms with Crippen LogP contribution in [0.1, 0.15) is 316 Å². The molecule has 0 saturated heterocycles. The van der Waals surface area contributed by atoms with Crippen LogP contribution in [0.4, 0.5) is 0 Å². The van der Waals surface area contributed by atoms with Crippen LogP contribution >= 0.6 is 0 Å². The van der Waals surface area contributed by atoms with E-state index in [9.17, 15) is 14.4 Å². The van der Waals surface area contributed by atoms with Crippen molar-refractivity contribution in [2.75, 3.05) is 13.2 Å². The number of ether oxygens (including phenoxy) is 3. The van der Waals surface area contributed by atoms with Crippen LogP contribution in [-0.4, -0.2) is 37.2 Å². The second kappa shape index (κ2) is 66.6. The minimum Gasteiger partial charge on any atom is -0.462 e. The first-order valence-electron chi connectivity index (χ1n) is 33.4. The highest BCUT2D eigenvalue weighted by atomic mass is 16.6. The van der Waals surface area contributed by atoms with Gasteiger partial charge in [0.05, 0.1) is 0 Å². The van der Waals surface area contributed by atoms with E-state index in [1.165, 1.54) is 148 Å². The van der Waals surface area contributed by atoms with E-state index in [1.54, 1.807) is 0 Å². The molecule has 0 aliphatic rings. The Kier molecular flexibility index (Phi) is 63.3. The van der Waals surface area contributed by atoms with Gasteiger partial charge in [0.25, 0.3) is 0 Å². The van der Waals surface area contributed by atoms with Gasteiger partial charge in [-0.3, -0.25) is 14.4 Å². The van der Waals surface area contributed by atoms with Crippen molar-refractivity contribution in [3.63, 3.8) is 0 Å². The van der Waals surface area contributed by atoms with E-state index >= 15 is 0 Å². The summed E-state index contributed by atoms with van der Waals surface area (Å²) < 4.78 is 16.9. The molecule has 0 aromatic heterocycles. The third-order valence-electron chi connectivity index (χ3n) is 14.2. The highest BCUT2D eigenvalue weighted by Gasteiger charge is 2.19. The highest BCUT2D eigenvalue weighted by molar-refractivity contribution is 5.71. The van der Waals surface area contributed by atoms with Gasteiger partial charge in [-0.25, -0.2) is 0 Å². The second-order valence-corrected chi connectivity index (χ2v) is 22.0. The number of unbranched alkanes of at least 4 members (excludes halogenated alkanes) is 31. The zero-order valence-corrected chi connectivity index (χ0v) is 51.9. The van der Waals surface area contributed by atoms with E-state index in [1.807, 2.05) is 0 Å². The lowest BCUT2D eigenvalue weighted by molar-refractivity contribution is -0.167. The third kappa shape index (κ3) is 64.8. The minimum absolute atomic E-state index is 0.0896. The summed E-state index contributed by atoms with van der Waals surface area (Å²) in [7, 11) is 0. The quantitative estimate of drug-likeness (QED) is 0.0261. The summed E-state index contributed by atoms with van der Waals surface area (Å²) in [5.41, 5.74) is 0. The number of rotatable bonds is 60. The molecule has 6 nitrogen and oxygen atoms in total. The highest BCUT2D eigenvalue weighted by Crippen LogP contribution is 2.16. The SMILES string of the molecule is CC/C=C\C/C=C\C/C=C\C/C=C\C/C=C\CCCCCCCCCCCC(=O)OCC(COC(=O)CCCCCCC/C=C\CCCCCCCC)OC(=O)CCCCCCCC/C=C\C/C=C\C/C=C\CCCCCCC. The largest absolute Gasteiger partial charge is 0.462 e. The molecule has 79 heavy (non-hydrogen) atoms. The fourth-order valence-electron chi connectivity index (χ4n) is 9.24. The summed E-state index contributed by atoms with van der Waals surface area (Å²) in [5.74, 6) is -0.907. The number of carbonyl (C=O) groups excluding carboxylic acids is 3. The number of hydrogen-bond donors (Lipinski definition) is 0. The molecular weight excluding hydrogens is 973 g/mol. The fourth-order valence-corrected chi connectivity index (χ4v) is 9.24. The predicted octanol–water partition coefficient (Wildman–Crippen LogP) is 23.0. The van der Waals surface area contributed by atoms with Gasteiger partial charge in [0.2, 0.25) is 0 Å². The van der Waals surface area contributed by atoms with Crippen molar-refractivity contribution in [1.82, 2.24) is 0 Å². The van der Waals surface area contributed by atoms with Crippen molar-refractivity contribution in [3.8, 4) is 0 Å². The zero-order chi connectivity index (χ0) is 57.1. The van der Waals surface area contributed by atoms with Gasteiger partial charge in [0, 0.05) is 19.3 Å². The van der Waals surface area contributed by atoms with Crippen LogP contribution in [0.5, 0.6) is 0 Å². The Hall–Kier alpha value is -3.93. The number of carbonyl (C=O) groups is 3. The molecule has 0 aromatic carbocycles. The van der Waals surface area contributed by atoms with Crippen molar-refractivity contribution < 1.29 is 28.6 Å². The molecule has 1 unspecified atom stereocenters. The molecule has 452 valence electrons. The molecule has 0 aromatic rings. The Labute approximate surface area is 489 Å².